The zero-order valence-electron chi connectivity index (χ0n) is 11.6. The molecule has 0 saturated carbocycles. The van der Waals surface area contributed by atoms with Crippen LogP contribution in [0, 0.1) is 5.92 Å². The maximum absolute atomic E-state index is 3.45. The van der Waals surface area contributed by atoms with E-state index < -0.39 is 0 Å². The molecule has 1 heterocycles. The van der Waals surface area contributed by atoms with Crippen LogP contribution in [-0.2, 0) is 0 Å². The minimum Gasteiger partial charge on any atom is -0.317 e. The van der Waals surface area contributed by atoms with Crippen LogP contribution in [-0.4, -0.2) is 49.7 Å². The Labute approximate surface area is 101 Å². The predicted molar refractivity (Wildman–Crippen MR) is 70.8 cm³/mol. The molecule has 3 nitrogen and oxygen atoms in total. The summed E-state index contributed by atoms with van der Waals surface area (Å²) >= 11 is 0. The molecular formula is C13H29N3. The van der Waals surface area contributed by atoms with Crippen LogP contribution in [0.15, 0.2) is 0 Å². The van der Waals surface area contributed by atoms with Crippen molar-refractivity contribution in [3.8, 4) is 0 Å². The van der Waals surface area contributed by atoms with E-state index in [0.717, 1.165) is 13.1 Å². The van der Waals surface area contributed by atoms with Gasteiger partial charge in [0.1, 0.15) is 0 Å². The Morgan fingerprint density at radius 1 is 1.25 bits per heavy atom. The molecule has 0 aromatic rings. The van der Waals surface area contributed by atoms with E-state index in [4.69, 9.17) is 0 Å². The van der Waals surface area contributed by atoms with Gasteiger partial charge in [0, 0.05) is 37.8 Å². The van der Waals surface area contributed by atoms with Gasteiger partial charge in [0.15, 0.2) is 0 Å². The number of hydrogen-bond acceptors (Lipinski definition) is 3. The molecule has 1 aliphatic rings. The monoisotopic (exact) mass is 227 g/mol. The van der Waals surface area contributed by atoms with Crippen molar-refractivity contribution < 1.29 is 0 Å². The van der Waals surface area contributed by atoms with Gasteiger partial charge in [-0.25, -0.2) is 0 Å². The highest BCUT2D eigenvalue weighted by atomic mass is 15.2. The quantitative estimate of drug-likeness (QED) is 0.741. The van der Waals surface area contributed by atoms with E-state index in [0.29, 0.717) is 17.5 Å². The summed E-state index contributed by atoms with van der Waals surface area (Å²) < 4.78 is 0. The third kappa shape index (κ3) is 3.72. The average Bonchev–Trinajstić information content (AvgIpc) is 2.27. The van der Waals surface area contributed by atoms with Crippen LogP contribution in [0.25, 0.3) is 0 Å². The van der Waals surface area contributed by atoms with Crippen LogP contribution >= 0.6 is 0 Å². The molecule has 0 radical (unpaired) electrons. The minimum atomic E-state index is 0.306. The Balaban J connectivity index is 2.54. The largest absolute Gasteiger partial charge is 0.317 e. The van der Waals surface area contributed by atoms with E-state index in [2.05, 4.69) is 50.3 Å². The molecule has 2 N–H and O–H groups in total. The lowest BCUT2D eigenvalue weighted by Gasteiger charge is -2.43. The third-order valence-electron chi connectivity index (χ3n) is 3.87. The van der Waals surface area contributed by atoms with Gasteiger partial charge in [-0.2, -0.15) is 0 Å². The van der Waals surface area contributed by atoms with Crippen LogP contribution in [0.2, 0.25) is 0 Å². The minimum absolute atomic E-state index is 0.306. The second-order valence-electron chi connectivity index (χ2n) is 5.89. The van der Waals surface area contributed by atoms with Gasteiger partial charge >= 0.3 is 0 Å². The summed E-state index contributed by atoms with van der Waals surface area (Å²) in [4.78, 5) is 2.62. The number of rotatable bonds is 5. The van der Waals surface area contributed by atoms with E-state index in [1.54, 1.807) is 0 Å². The van der Waals surface area contributed by atoms with Crippen molar-refractivity contribution in [1.29, 1.82) is 0 Å². The van der Waals surface area contributed by atoms with E-state index in [9.17, 15) is 0 Å². The molecule has 16 heavy (non-hydrogen) atoms. The molecule has 0 aliphatic carbocycles. The lowest BCUT2D eigenvalue weighted by molar-refractivity contribution is 0.0806. The molecule has 1 atom stereocenters. The fourth-order valence-electron chi connectivity index (χ4n) is 2.61. The van der Waals surface area contributed by atoms with Crippen LogP contribution in [0.1, 0.15) is 34.1 Å². The maximum Gasteiger partial charge on any atom is 0.0169 e. The van der Waals surface area contributed by atoms with E-state index in [1.165, 1.54) is 19.5 Å². The molecule has 0 spiro atoms. The highest BCUT2D eigenvalue weighted by Crippen LogP contribution is 2.23. The van der Waals surface area contributed by atoms with Gasteiger partial charge in [0.2, 0.25) is 0 Å². The highest BCUT2D eigenvalue weighted by Gasteiger charge is 2.30. The zero-order valence-corrected chi connectivity index (χ0v) is 11.6. The fraction of sp³-hybridized carbons (Fsp3) is 1.00. The molecular weight excluding hydrogens is 198 g/mol. The third-order valence-corrected chi connectivity index (χ3v) is 3.87. The molecule has 1 rings (SSSR count). The molecule has 1 fully saturated rings. The first-order valence-electron chi connectivity index (χ1n) is 6.60. The summed E-state index contributed by atoms with van der Waals surface area (Å²) in [5.74, 6) is 0.701. The van der Waals surface area contributed by atoms with Crippen molar-refractivity contribution in [2.24, 2.45) is 5.92 Å². The van der Waals surface area contributed by atoms with Gasteiger partial charge in [-0.3, -0.25) is 4.90 Å². The Bertz CT molecular complexity index is 195. The van der Waals surface area contributed by atoms with Crippen molar-refractivity contribution in [3.63, 3.8) is 0 Å². The normalized spacial score (nSPS) is 21.4. The highest BCUT2D eigenvalue weighted by molar-refractivity contribution is 4.89. The number of piperazine rings is 1. The van der Waals surface area contributed by atoms with Crippen LogP contribution in [0.3, 0.4) is 0 Å². The summed E-state index contributed by atoms with van der Waals surface area (Å²) in [6, 6.07) is 0.616. The number of nitrogens with one attached hydrogen (secondary N) is 2. The van der Waals surface area contributed by atoms with Gasteiger partial charge in [0.05, 0.1) is 0 Å². The van der Waals surface area contributed by atoms with Crippen LogP contribution in [0.4, 0.5) is 0 Å². The van der Waals surface area contributed by atoms with Crippen molar-refractivity contribution in [2.45, 2.75) is 45.7 Å². The van der Waals surface area contributed by atoms with Crippen molar-refractivity contribution in [3.05, 3.63) is 0 Å². The van der Waals surface area contributed by atoms with Crippen molar-refractivity contribution in [2.75, 3.05) is 33.2 Å². The lowest BCUT2D eigenvalue weighted by Crippen LogP contribution is -2.55. The van der Waals surface area contributed by atoms with Crippen LogP contribution in [0.5, 0.6) is 0 Å². The van der Waals surface area contributed by atoms with Gasteiger partial charge in [0.25, 0.3) is 0 Å². The van der Waals surface area contributed by atoms with Gasteiger partial charge in [-0.15, -0.1) is 0 Å². The smallest absolute Gasteiger partial charge is 0.0169 e. The SMILES string of the molecule is CNC(CC(C)(C)N1CCNCC1)C(C)C. The Kier molecular flexibility index (Phi) is 5.22. The first-order valence-corrected chi connectivity index (χ1v) is 6.60. The van der Waals surface area contributed by atoms with Gasteiger partial charge in [-0.1, -0.05) is 13.8 Å². The molecule has 1 saturated heterocycles. The maximum atomic E-state index is 3.45. The predicted octanol–water partition coefficient (Wildman–Crippen LogP) is 1.30. The first-order chi connectivity index (χ1) is 7.47. The number of nitrogens with zero attached hydrogens (tertiary/aromatic N) is 1. The second-order valence-corrected chi connectivity index (χ2v) is 5.89. The second kappa shape index (κ2) is 5.99. The summed E-state index contributed by atoms with van der Waals surface area (Å²) in [5, 5.41) is 6.87. The topological polar surface area (TPSA) is 27.3 Å². The summed E-state index contributed by atoms with van der Waals surface area (Å²) in [5.41, 5.74) is 0.306. The summed E-state index contributed by atoms with van der Waals surface area (Å²) in [6.45, 7) is 14.0. The molecule has 3 heteroatoms. The summed E-state index contributed by atoms with van der Waals surface area (Å²) in [7, 11) is 2.08. The Hall–Kier alpha value is -0.120. The first kappa shape index (κ1) is 13.9. The van der Waals surface area contributed by atoms with E-state index in [-0.39, 0.29) is 0 Å². The molecule has 1 aliphatic heterocycles. The van der Waals surface area contributed by atoms with E-state index in [1.807, 2.05) is 0 Å². The van der Waals surface area contributed by atoms with Gasteiger partial charge in [-0.05, 0) is 33.2 Å². The van der Waals surface area contributed by atoms with Crippen molar-refractivity contribution in [1.82, 2.24) is 15.5 Å². The number of hydrogen-bond donors (Lipinski definition) is 2. The molecule has 0 aromatic heterocycles. The fourth-order valence-corrected chi connectivity index (χ4v) is 2.61. The van der Waals surface area contributed by atoms with Crippen LogP contribution < -0.4 is 10.6 Å². The van der Waals surface area contributed by atoms with Crippen molar-refractivity contribution >= 4 is 0 Å². The standard InChI is InChI=1S/C13H29N3/c1-11(2)12(14-5)10-13(3,4)16-8-6-15-7-9-16/h11-12,14-15H,6-10H2,1-5H3. The van der Waals surface area contributed by atoms with Gasteiger partial charge < -0.3 is 10.6 Å². The molecule has 0 bridgehead atoms. The Morgan fingerprint density at radius 2 is 1.81 bits per heavy atom. The molecule has 96 valence electrons. The molecule has 0 aromatic carbocycles. The van der Waals surface area contributed by atoms with E-state index >= 15 is 0 Å². The lowest BCUT2D eigenvalue weighted by atomic mass is 9.87. The zero-order chi connectivity index (χ0) is 12.2. The molecule has 0 amide bonds. The summed E-state index contributed by atoms with van der Waals surface area (Å²) in [6.07, 6.45) is 1.22. The average molecular weight is 227 g/mol. The molecule has 1 unspecified atom stereocenters. The Morgan fingerprint density at radius 3 is 2.25 bits per heavy atom.